The number of rotatable bonds is 5. The van der Waals surface area contributed by atoms with E-state index in [1.54, 1.807) is 20.8 Å². The van der Waals surface area contributed by atoms with Crippen molar-refractivity contribution in [2.45, 2.75) is 46.0 Å². The first-order chi connectivity index (χ1) is 19.6. The van der Waals surface area contributed by atoms with Crippen LogP contribution in [0, 0.1) is 28.9 Å². The Hall–Kier alpha value is -3.99. The molecule has 4 aromatic rings. The Balaban J connectivity index is 1.50. The number of pyridine rings is 1. The molecule has 0 bridgehead atoms. The van der Waals surface area contributed by atoms with Crippen LogP contribution in [0.5, 0.6) is 6.01 Å². The van der Waals surface area contributed by atoms with Gasteiger partial charge in [0.1, 0.15) is 22.2 Å². The predicted octanol–water partition coefficient (Wildman–Crippen LogP) is 5.85. The minimum absolute atomic E-state index is 0.00274. The molecule has 1 N–H and O–H groups in total. The van der Waals surface area contributed by atoms with Crippen LogP contribution in [-0.2, 0) is 27.4 Å². The summed E-state index contributed by atoms with van der Waals surface area (Å²) in [6.07, 6.45) is 2.52. The molecule has 6 rings (SSSR count). The highest BCUT2D eigenvalue weighted by Crippen LogP contribution is 2.45. The highest BCUT2D eigenvalue weighted by atomic mass is 32.1. The second-order valence-corrected chi connectivity index (χ2v) is 11.8. The van der Waals surface area contributed by atoms with Crippen molar-refractivity contribution in [2.75, 3.05) is 25.1 Å². The van der Waals surface area contributed by atoms with Gasteiger partial charge in [-0.2, -0.15) is 10.2 Å². The Morgan fingerprint density at radius 1 is 1.22 bits per heavy atom. The number of anilines is 1. The average molecular weight is 582 g/mol. The number of halogens is 2. The number of aromatic nitrogens is 3. The van der Waals surface area contributed by atoms with Gasteiger partial charge in [-0.15, -0.1) is 11.3 Å². The molecule has 3 aromatic heterocycles. The van der Waals surface area contributed by atoms with Gasteiger partial charge in [0.25, 0.3) is 0 Å². The lowest BCUT2D eigenvalue weighted by molar-refractivity contribution is 0.0636. The van der Waals surface area contributed by atoms with Crippen molar-refractivity contribution in [3.8, 4) is 23.3 Å². The number of hydrogen-bond acceptors (Lipinski definition) is 10. The molecule has 2 aliphatic heterocycles. The molecule has 0 saturated carbocycles. The van der Waals surface area contributed by atoms with Crippen molar-refractivity contribution >= 4 is 43.4 Å². The van der Waals surface area contributed by atoms with E-state index in [4.69, 9.17) is 18.9 Å². The van der Waals surface area contributed by atoms with Crippen LogP contribution < -0.4 is 10.1 Å². The van der Waals surface area contributed by atoms with Crippen molar-refractivity contribution in [2.24, 2.45) is 5.92 Å². The first kappa shape index (κ1) is 27.2. The Labute approximate surface area is 237 Å². The summed E-state index contributed by atoms with van der Waals surface area (Å²) in [5.74, 6) is -1.24. The molecule has 1 fully saturated rings. The lowest BCUT2D eigenvalue weighted by Gasteiger charge is -2.19. The number of hydrogen-bond donors (Lipinski definition) is 1. The van der Waals surface area contributed by atoms with Gasteiger partial charge >= 0.3 is 12.1 Å². The largest absolute Gasteiger partial charge is 0.463 e. The number of thiophene rings is 1. The van der Waals surface area contributed by atoms with Gasteiger partial charge in [0.2, 0.25) is 0 Å². The van der Waals surface area contributed by atoms with E-state index in [1.165, 1.54) is 6.20 Å². The summed E-state index contributed by atoms with van der Waals surface area (Å²) in [7, 11) is 0. The molecule has 2 aliphatic rings. The molecule has 0 unspecified atom stereocenters. The standard InChI is InChI=1S/C28H25F2N5O5S/c1-28(2,3)40-27(36)35-25-14(6-31)20-23(32-8-18(29)24(20)41-25)19-17-12-38-11-16(17)15-7-33-26(34-22(15)21(19)30)39-10-13-4-5-37-9-13/h7-8,13H,4-5,9-12H2,1-3H3,(H,35,36)/t13-/m1/s1. The van der Waals surface area contributed by atoms with Gasteiger partial charge < -0.3 is 18.9 Å². The zero-order chi connectivity index (χ0) is 28.9. The van der Waals surface area contributed by atoms with E-state index in [9.17, 15) is 10.1 Å². The van der Waals surface area contributed by atoms with Crippen LogP contribution in [0.15, 0.2) is 12.4 Å². The van der Waals surface area contributed by atoms with E-state index in [2.05, 4.69) is 20.3 Å². The normalized spacial score (nSPS) is 16.6. The van der Waals surface area contributed by atoms with Gasteiger partial charge in [0.15, 0.2) is 11.6 Å². The number of fused-ring (bicyclic) bond motifs is 4. The molecule has 0 radical (unpaired) electrons. The fourth-order valence-electron chi connectivity index (χ4n) is 4.97. The van der Waals surface area contributed by atoms with E-state index < -0.39 is 23.3 Å². The summed E-state index contributed by atoms with van der Waals surface area (Å²) in [4.78, 5) is 25.4. The molecule has 0 aliphatic carbocycles. The second-order valence-electron chi connectivity index (χ2n) is 10.8. The molecule has 212 valence electrons. The van der Waals surface area contributed by atoms with Crippen molar-refractivity contribution < 1.29 is 32.5 Å². The maximum atomic E-state index is 16.5. The van der Waals surface area contributed by atoms with Crippen LogP contribution >= 0.6 is 11.3 Å². The quantitative estimate of drug-likeness (QED) is 0.309. The molecular weight excluding hydrogens is 556 g/mol. The first-order valence-corrected chi connectivity index (χ1v) is 13.8. The number of nitrogens with zero attached hydrogens (tertiary/aromatic N) is 4. The monoisotopic (exact) mass is 581 g/mol. The van der Waals surface area contributed by atoms with Crippen LogP contribution in [0.4, 0.5) is 18.6 Å². The molecule has 5 heterocycles. The fourth-order valence-corrected chi connectivity index (χ4v) is 6.01. The molecule has 1 atom stereocenters. The van der Waals surface area contributed by atoms with Crippen LogP contribution in [0.2, 0.25) is 0 Å². The van der Waals surface area contributed by atoms with E-state index in [0.717, 1.165) is 24.0 Å². The Morgan fingerprint density at radius 3 is 2.76 bits per heavy atom. The third-order valence-electron chi connectivity index (χ3n) is 6.78. The third-order valence-corrected chi connectivity index (χ3v) is 7.90. The lowest BCUT2D eigenvalue weighted by atomic mass is 9.94. The summed E-state index contributed by atoms with van der Waals surface area (Å²) in [5.41, 5.74) is 0.404. The molecule has 13 heteroatoms. The maximum Gasteiger partial charge on any atom is 0.412 e. The van der Waals surface area contributed by atoms with Gasteiger partial charge in [-0.1, -0.05) is 0 Å². The van der Waals surface area contributed by atoms with Crippen LogP contribution in [0.1, 0.15) is 43.9 Å². The average Bonchev–Trinajstić information content (AvgIpc) is 3.68. The fraction of sp³-hybridized carbons (Fsp3) is 0.393. The summed E-state index contributed by atoms with van der Waals surface area (Å²) < 4.78 is 53.7. The van der Waals surface area contributed by atoms with Crippen LogP contribution in [-0.4, -0.2) is 46.5 Å². The first-order valence-electron chi connectivity index (χ1n) is 12.9. The number of ether oxygens (including phenoxy) is 4. The van der Waals surface area contributed by atoms with Crippen molar-refractivity contribution in [3.05, 3.63) is 40.7 Å². The number of nitrogens with one attached hydrogen (secondary N) is 1. The summed E-state index contributed by atoms with van der Waals surface area (Å²) in [6, 6.07) is 2.04. The topological polar surface area (TPSA) is 128 Å². The van der Waals surface area contributed by atoms with Gasteiger partial charge in [-0.3, -0.25) is 10.3 Å². The second kappa shape index (κ2) is 10.4. The van der Waals surface area contributed by atoms with Crippen molar-refractivity contribution in [1.82, 2.24) is 15.0 Å². The lowest BCUT2D eigenvalue weighted by Crippen LogP contribution is -2.27. The van der Waals surface area contributed by atoms with Crippen LogP contribution in [0.25, 0.3) is 32.2 Å². The van der Waals surface area contributed by atoms with Gasteiger partial charge in [0, 0.05) is 35.1 Å². The summed E-state index contributed by atoms with van der Waals surface area (Å²) in [6.45, 7) is 6.92. The number of carbonyl (C=O) groups is 1. The van der Waals surface area contributed by atoms with Gasteiger partial charge in [0.05, 0.1) is 48.6 Å². The molecular formula is C28H25F2N5O5S. The predicted molar refractivity (Wildman–Crippen MR) is 146 cm³/mol. The Morgan fingerprint density at radius 2 is 2.02 bits per heavy atom. The highest BCUT2D eigenvalue weighted by molar-refractivity contribution is 7.23. The SMILES string of the molecule is CC(C)(C)OC(=O)Nc1sc2c(F)cnc(-c3c4c(c5cnc(OC[C@@H]6CCOC6)nc5c3F)COC4)c2c1C#N. The zero-order valence-electron chi connectivity index (χ0n) is 22.5. The van der Waals surface area contributed by atoms with Gasteiger partial charge in [-0.25, -0.2) is 18.6 Å². The van der Waals surface area contributed by atoms with Gasteiger partial charge in [-0.05, 0) is 38.3 Å². The van der Waals surface area contributed by atoms with E-state index in [0.29, 0.717) is 36.3 Å². The Bertz CT molecular complexity index is 1740. The molecule has 41 heavy (non-hydrogen) atoms. The molecule has 10 nitrogen and oxygen atoms in total. The molecule has 1 amide bonds. The summed E-state index contributed by atoms with van der Waals surface area (Å²) >= 11 is 0.843. The minimum atomic E-state index is -0.810. The van der Waals surface area contributed by atoms with E-state index >= 15 is 8.78 Å². The van der Waals surface area contributed by atoms with Crippen molar-refractivity contribution in [1.29, 1.82) is 5.26 Å². The summed E-state index contributed by atoms with van der Waals surface area (Å²) in [5, 5.41) is 13.2. The smallest absolute Gasteiger partial charge is 0.412 e. The molecule has 0 spiro atoms. The van der Waals surface area contributed by atoms with Crippen LogP contribution in [0.3, 0.4) is 0 Å². The number of nitriles is 1. The Kier molecular flexibility index (Phi) is 6.93. The minimum Gasteiger partial charge on any atom is -0.463 e. The number of amides is 1. The molecule has 1 aromatic carbocycles. The zero-order valence-corrected chi connectivity index (χ0v) is 23.3. The van der Waals surface area contributed by atoms with E-state index in [-0.39, 0.29) is 62.6 Å². The number of benzene rings is 1. The molecule has 1 saturated heterocycles. The maximum absolute atomic E-state index is 16.5. The van der Waals surface area contributed by atoms with E-state index in [1.807, 2.05) is 6.07 Å². The third kappa shape index (κ3) is 5.03. The number of carbonyl (C=O) groups excluding carboxylic acids is 1. The highest BCUT2D eigenvalue weighted by Gasteiger charge is 2.31. The van der Waals surface area contributed by atoms with Crippen molar-refractivity contribution in [3.63, 3.8) is 0 Å².